The lowest BCUT2D eigenvalue weighted by molar-refractivity contribution is 0.0720. The van der Waals surface area contributed by atoms with Gasteiger partial charge >= 0.3 is 0 Å². The Bertz CT molecular complexity index is 2040. The average molecular weight is 651 g/mol. The predicted molar refractivity (Wildman–Crippen MR) is 193 cm³/mol. The summed E-state index contributed by atoms with van der Waals surface area (Å²) >= 11 is 0. The van der Waals surface area contributed by atoms with Crippen LogP contribution in [0.4, 0.5) is 0 Å². The minimum absolute atomic E-state index is 0.0486. The van der Waals surface area contributed by atoms with Crippen LogP contribution in [0.2, 0.25) is 0 Å². The summed E-state index contributed by atoms with van der Waals surface area (Å²) in [7, 11) is 3.28. The first-order valence-corrected chi connectivity index (χ1v) is 16.5. The number of hydrogen-bond donors (Lipinski definition) is 0. The molecule has 0 bridgehead atoms. The molecule has 0 atom stereocenters. The fraction of sp³-hybridized carbons (Fsp3) is 0.220. The number of hydrogen-bond acceptors (Lipinski definition) is 6. The average Bonchev–Trinajstić information content (AvgIpc) is 3.41. The van der Waals surface area contributed by atoms with E-state index in [1.165, 1.54) is 0 Å². The Balaban J connectivity index is 1.20. The maximum Gasteiger partial charge on any atom is 0.254 e. The van der Waals surface area contributed by atoms with Crippen molar-refractivity contribution in [3.8, 4) is 34.0 Å². The highest BCUT2D eigenvalue weighted by Gasteiger charge is 2.29. The molecule has 3 heterocycles. The van der Waals surface area contributed by atoms with Gasteiger partial charge in [-0.05, 0) is 92.1 Å². The van der Waals surface area contributed by atoms with Gasteiger partial charge < -0.3 is 19.3 Å². The molecule has 4 aromatic carbocycles. The highest BCUT2D eigenvalue weighted by molar-refractivity contribution is 6.10. The molecule has 1 aliphatic rings. The molecule has 49 heavy (non-hydrogen) atoms. The molecule has 8 nitrogen and oxygen atoms in total. The maximum atomic E-state index is 14.5. The first-order chi connectivity index (χ1) is 23.9. The van der Waals surface area contributed by atoms with Crippen LogP contribution >= 0.6 is 0 Å². The van der Waals surface area contributed by atoms with Gasteiger partial charge in [0.05, 0.1) is 47.8 Å². The van der Waals surface area contributed by atoms with Gasteiger partial charge in [0.15, 0.2) is 0 Å². The molecule has 1 saturated heterocycles. The summed E-state index contributed by atoms with van der Waals surface area (Å²) < 4.78 is 10.7. The standard InChI is InChI=1S/C41H38N4O4/c1-26-36(32-10-5-7-12-34(32)42-38(26)28-14-18-30(48-3)19-15-28)40(46)44-22-9-23-45(25-24-44)41(47)37-27(2)39(29-16-20-31(49-4)21-17-29)43-35-13-8-6-11-33(35)37/h5-8,10-21H,9,22-25H2,1-4H3. The van der Waals surface area contributed by atoms with E-state index in [9.17, 15) is 9.59 Å². The highest BCUT2D eigenvalue weighted by Crippen LogP contribution is 2.34. The summed E-state index contributed by atoms with van der Waals surface area (Å²) in [6.45, 7) is 5.88. The van der Waals surface area contributed by atoms with Crippen LogP contribution in [0.3, 0.4) is 0 Å². The first kappa shape index (κ1) is 31.8. The fourth-order valence-corrected chi connectivity index (χ4v) is 6.87. The number of aromatic nitrogens is 2. The van der Waals surface area contributed by atoms with Crippen LogP contribution in [0, 0.1) is 13.8 Å². The number of para-hydroxylation sites is 2. The van der Waals surface area contributed by atoms with E-state index >= 15 is 0 Å². The number of nitrogens with zero attached hydrogens (tertiary/aromatic N) is 4. The molecule has 0 radical (unpaired) electrons. The molecule has 0 N–H and O–H groups in total. The fourth-order valence-electron chi connectivity index (χ4n) is 6.87. The van der Waals surface area contributed by atoms with Gasteiger partial charge in [-0.15, -0.1) is 0 Å². The Labute approximate surface area is 285 Å². The second-order valence-corrected chi connectivity index (χ2v) is 12.4. The molecule has 1 aliphatic heterocycles. The van der Waals surface area contributed by atoms with Crippen LogP contribution in [0.15, 0.2) is 97.1 Å². The van der Waals surface area contributed by atoms with Crippen molar-refractivity contribution < 1.29 is 19.1 Å². The molecule has 0 aliphatic carbocycles. The molecule has 0 spiro atoms. The van der Waals surface area contributed by atoms with E-state index in [2.05, 4.69) is 0 Å². The smallest absolute Gasteiger partial charge is 0.254 e. The number of ether oxygens (including phenoxy) is 2. The molecule has 0 saturated carbocycles. The molecule has 1 fully saturated rings. The minimum Gasteiger partial charge on any atom is -0.497 e. The topological polar surface area (TPSA) is 84.9 Å². The number of methoxy groups -OCH3 is 2. The molecule has 6 aromatic rings. The van der Waals surface area contributed by atoms with Gasteiger partial charge in [-0.2, -0.15) is 0 Å². The molecule has 2 amide bonds. The van der Waals surface area contributed by atoms with Crippen molar-refractivity contribution in [1.29, 1.82) is 0 Å². The van der Waals surface area contributed by atoms with E-state index in [-0.39, 0.29) is 11.8 Å². The lowest BCUT2D eigenvalue weighted by atomic mass is 9.96. The third-order valence-electron chi connectivity index (χ3n) is 9.50. The molecule has 0 unspecified atom stereocenters. The molecule has 8 heteroatoms. The number of rotatable bonds is 6. The van der Waals surface area contributed by atoms with Crippen molar-refractivity contribution in [2.75, 3.05) is 40.4 Å². The summed E-state index contributed by atoms with van der Waals surface area (Å²) in [6.07, 6.45) is 0.665. The Morgan fingerprint density at radius 1 is 0.551 bits per heavy atom. The summed E-state index contributed by atoms with van der Waals surface area (Å²) in [5, 5.41) is 1.65. The Hall–Kier alpha value is -5.76. The molecule has 7 rings (SSSR count). The summed E-state index contributed by atoms with van der Waals surface area (Å²) in [4.78, 5) is 42.6. The second-order valence-electron chi connectivity index (χ2n) is 12.4. The van der Waals surface area contributed by atoms with Crippen molar-refractivity contribution in [2.24, 2.45) is 0 Å². The minimum atomic E-state index is -0.0486. The van der Waals surface area contributed by atoms with Crippen molar-refractivity contribution in [1.82, 2.24) is 19.8 Å². The highest BCUT2D eigenvalue weighted by atomic mass is 16.5. The van der Waals surface area contributed by atoms with Gasteiger partial charge in [-0.1, -0.05) is 36.4 Å². The Morgan fingerprint density at radius 2 is 0.939 bits per heavy atom. The number of benzene rings is 4. The van der Waals surface area contributed by atoms with Crippen molar-refractivity contribution in [2.45, 2.75) is 20.3 Å². The zero-order valence-corrected chi connectivity index (χ0v) is 28.2. The second kappa shape index (κ2) is 13.4. The van der Waals surface area contributed by atoms with E-state index < -0.39 is 0 Å². The molecule has 2 aromatic heterocycles. The largest absolute Gasteiger partial charge is 0.497 e. The number of carbonyl (C=O) groups excluding carboxylic acids is 2. The SMILES string of the molecule is COc1ccc(-c2nc3ccccc3c(C(=O)N3CCCN(C(=O)c4c(C)c(-c5ccc(OC)cc5)nc5ccccc45)CC3)c2C)cc1. The van der Waals surface area contributed by atoms with Gasteiger partial charge in [0.2, 0.25) is 0 Å². The Kier molecular flexibility index (Phi) is 8.70. The van der Waals surface area contributed by atoms with Crippen LogP contribution in [-0.4, -0.2) is 72.0 Å². The van der Waals surface area contributed by atoms with E-state index in [0.29, 0.717) is 43.7 Å². The van der Waals surface area contributed by atoms with Gasteiger partial charge in [0.25, 0.3) is 11.8 Å². The van der Waals surface area contributed by atoms with Gasteiger partial charge in [-0.3, -0.25) is 9.59 Å². The van der Waals surface area contributed by atoms with Crippen molar-refractivity contribution >= 4 is 33.6 Å². The van der Waals surface area contributed by atoms with Gasteiger partial charge in [0, 0.05) is 48.1 Å². The number of pyridine rings is 2. The van der Waals surface area contributed by atoms with Gasteiger partial charge in [0.1, 0.15) is 11.5 Å². The maximum absolute atomic E-state index is 14.5. The number of carbonyl (C=O) groups is 2. The quantitative estimate of drug-likeness (QED) is 0.183. The molecular weight excluding hydrogens is 612 g/mol. The predicted octanol–water partition coefficient (Wildman–Crippen LogP) is 7.74. The van der Waals surface area contributed by atoms with Crippen LogP contribution in [-0.2, 0) is 0 Å². The molecular formula is C41H38N4O4. The van der Waals surface area contributed by atoms with Crippen LogP contribution < -0.4 is 9.47 Å². The van der Waals surface area contributed by atoms with E-state index in [4.69, 9.17) is 19.4 Å². The number of fused-ring (bicyclic) bond motifs is 2. The van der Waals surface area contributed by atoms with Crippen LogP contribution in [0.25, 0.3) is 44.3 Å². The lowest BCUT2D eigenvalue weighted by Gasteiger charge is -2.25. The third-order valence-corrected chi connectivity index (χ3v) is 9.50. The monoisotopic (exact) mass is 650 g/mol. The van der Waals surface area contributed by atoms with Crippen LogP contribution in [0.1, 0.15) is 38.3 Å². The first-order valence-electron chi connectivity index (χ1n) is 16.5. The Morgan fingerprint density at radius 3 is 1.33 bits per heavy atom. The summed E-state index contributed by atoms with van der Waals surface area (Å²) in [5.41, 5.74) is 7.86. The van der Waals surface area contributed by atoms with Crippen molar-refractivity contribution in [3.05, 3.63) is 119 Å². The van der Waals surface area contributed by atoms with E-state index in [1.807, 2.05) is 121 Å². The lowest BCUT2D eigenvalue weighted by Crippen LogP contribution is -2.38. The van der Waals surface area contributed by atoms with Crippen molar-refractivity contribution in [3.63, 3.8) is 0 Å². The van der Waals surface area contributed by atoms with E-state index in [1.54, 1.807) is 14.2 Å². The normalized spacial score (nSPS) is 13.4. The third kappa shape index (κ3) is 5.95. The summed E-state index contributed by atoms with van der Waals surface area (Å²) in [6, 6.07) is 31.1. The zero-order valence-electron chi connectivity index (χ0n) is 28.2. The summed E-state index contributed by atoms with van der Waals surface area (Å²) in [5.74, 6) is 1.42. The van der Waals surface area contributed by atoms with E-state index in [0.717, 1.165) is 66.9 Å². The number of amides is 2. The van der Waals surface area contributed by atoms with Gasteiger partial charge in [-0.25, -0.2) is 9.97 Å². The zero-order chi connectivity index (χ0) is 34.1. The molecule has 246 valence electrons. The van der Waals surface area contributed by atoms with Crippen LogP contribution in [0.5, 0.6) is 11.5 Å².